The lowest BCUT2D eigenvalue weighted by atomic mass is 10.0. The van der Waals surface area contributed by atoms with Crippen molar-refractivity contribution in [3.63, 3.8) is 0 Å². The van der Waals surface area contributed by atoms with E-state index >= 15 is 0 Å². The zero-order chi connectivity index (χ0) is 21.1. The summed E-state index contributed by atoms with van der Waals surface area (Å²) in [6, 6.07) is 1.86. The van der Waals surface area contributed by atoms with E-state index in [2.05, 4.69) is 15.6 Å². The molecule has 2 amide bonds. The fraction of sp³-hybridized carbons (Fsp3) is 0.579. The number of methoxy groups -OCH3 is 1. The minimum atomic E-state index is -0.760. The Morgan fingerprint density at radius 2 is 1.89 bits per heavy atom. The van der Waals surface area contributed by atoms with E-state index in [1.54, 1.807) is 30.1 Å². The number of hydrogen-bond acceptors (Lipinski definition) is 7. The molecule has 156 valence electrons. The van der Waals surface area contributed by atoms with Crippen LogP contribution in [-0.2, 0) is 14.3 Å². The zero-order valence-electron chi connectivity index (χ0n) is 17.0. The summed E-state index contributed by atoms with van der Waals surface area (Å²) in [4.78, 5) is 41.7. The third-order valence-corrected chi connectivity index (χ3v) is 5.31. The van der Waals surface area contributed by atoms with Gasteiger partial charge in [-0.15, -0.1) is 11.8 Å². The molecule has 0 saturated heterocycles. The molecule has 1 heterocycles. The van der Waals surface area contributed by atoms with Crippen LogP contribution in [0.3, 0.4) is 0 Å². The average molecular weight is 428 g/mol. The third kappa shape index (κ3) is 7.71. The highest BCUT2D eigenvalue weighted by Gasteiger charge is 2.28. The van der Waals surface area contributed by atoms with Crippen molar-refractivity contribution in [2.75, 3.05) is 25.4 Å². The molecule has 0 spiro atoms. The highest BCUT2D eigenvalue weighted by molar-refractivity contribution is 7.98. The fourth-order valence-corrected chi connectivity index (χ4v) is 3.58. The Kier molecular flexibility index (Phi) is 11.0. The van der Waals surface area contributed by atoms with Gasteiger partial charge in [0.1, 0.15) is 17.1 Å². The van der Waals surface area contributed by atoms with Crippen LogP contribution in [0.1, 0.15) is 37.0 Å². The van der Waals surface area contributed by atoms with Gasteiger partial charge < -0.3 is 15.4 Å². The molecule has 1 aromatic heterocycles. The molecule has 1 aromatic rings. The quantitative estimate of drug-likeness (QED) is 0.413. The van der Waals surface area contributed by atoms with Gasteiger partial charge in [-0.3, -0.25) is 9.59 Å². The topological polar surface area (TPSA) is 97.4 Å². The van der Waals surface area contributed by atoms with Gasteiger partial charge in [0, 0.05) is 6.20 Å². The molecule has 7 nitrogen and oxygen atoms in total. The molecule has 2 N–H and O–H groups in total. The number of hydrogen-bond donors (Lipinski definition) is 2. The van der Waals surface area contributed by atoms with E-state index in [1.807, 2.05) is 26.4 Å². The Morgan fingerprint density at radius 1 is 1.18 bits per heavy atom. The maximum Gasteiger partial charge on any atom is 0.328 e. The molecule has 2 atom stereocenters. The number of thioether (sulfide) groups is 2. The molecule has 0 unspecified atom stereocenters. The number of carbonyl (C=O) groups is 3. The monoisotopic (exact) mass is 427 g/mol. The first-order chi connectivity index (χ1) is 13.3. The second-order valence-corrected chi connectivity index (χ2v) is 8.36. The van der Waals surface area contributed by atoms with Gasteiger partial charge in [0.25, 0.3) is 5.91 Å². The maximum atomic E-state index is 12.8. The lowest BCUT2D eigenvalue weighted by Crippen LogP contribution is -2.52. The van der Waals surface area contributed by atoms with Gasteiger partial charge in [-0.2, -0.15) is 11.8 Å². The van der Waals surface area contributed by atoms with Crippen LogP contribution in [0.5, 0.6) is 0 Å². The number of carbonyl (C=O) groups excluding carboxylic acids is 3. The zero-order valence-corrected chi connectivity index (χ0v) is 18.6. The summed E-state index contributed by atoms with van der Waals surface area (Å²) in [7, 11) is 1.29. The summed E-state index contributed by atoms with van der Waals surface area (Å²) in [6.07, 6.45) is 6.29. The molecule has 0 aliphatic carbocycles. The number of nitrogens with zero attached hydrogens (tertiary/aromatic N) is 1. The molecular weight excluding hydrogens is 398 g/mol. The largest absolute Gasteiger partial charge is 0.467 e. The predicted octanol–water partition coefficient (Wildman–Crippen LogP) is 2.36. The van der Waals surface area contributed by atoms with E-state index < -0.39 is 24.0 Å². The molecular formula is C19H29N3O4S2. The smallest absolute Gasteiger partial charge is 0.328 e. The highest BCUT2D eigenvalue weighted by atomic mass is 32.2. The van der Waals surface area contributed by atoms with Crippen LogP contribution < -0.4 is 10.6 Å². The Labute approximate surface area is 175 Å². The Hall–Kier alpha value is -1.74. The Bertz CT molecular complexity index is 670. The van der Waals surface area contributed by atoms with Crippen LogP contribution in [0.15, 0.2) is 23.4 Å². The molecule has 0 aliphatic rings. The van der Waals surface area contributed by atoms with E-state index in [4.69, 9.17) is 4.74 Å². The van der Waals surface area contributed by atoms with Crippen LogP contribution in [0.25, 0.3) is 0 Å². The molecule has 0 saturated carbocycles. The number of nitrogens with one attached hydrogen (secondary N) is 2. The number of amides is 2. The van der Waals surface area contributed by atoms with Crippen molar-refractivity contribution >= 4 is 41.3 Å². The molecule has 0 aromatic carbocycles. The first kappa shape index (κ1) is 24.3. The van der Waals surface area contributed by atoms with Gasteiger partial charge >= 0.3 is 5.97 Å². The summed E-state index contributed by atoms with van der Waals surface area (Å²) in [5.74, 6) is -0.375. The van der Waals surface area contributed by atoms with Crippen molar-refractivity contribution < 1.29 is 19.1 Å². The minimum Gasteiger partial charge on any atom is -0.467 e. The lowest BCUT2D eigenvalue weighted by Gasteiger charge is -2.23. The van der Waals surface area contributed by atoms with Crippen molar-refractivity contribution in [2.24, 2.45) is 5.92 Å². The highest BCUT2D eigenvalue weighted by Crippen LogP contribution is 2.17. The number of pyridine rings is 1. The van der Waals surface area contributed by atoms with Gasteiger partial charge in [-0.05, 0) is 49.2 Å². The molecule has 0 radical (unpaired) electrons. The number of rotatable bonds is 11. The van der Waals surface area contributed by atoms with Crippen molar-refractivity contribution in [2.45, 2.75) is 43.8 Å². The molecule has 0 fully saturated rings. The summed E-state index contributed by atoms with van der Waals surface area (Å²) in [5.41, 5.74) is 0.420. The average Bonchev–Trinajstić information content (AvgIpc) is 2.69. The number of aromatic nitrogens is 1. The van der Waals surface area contributed by atoms with Gasteiger partial charge in [0.05, 0.1) is 12.7 Å². The SMILES string of the molecule is COC(=O)[C@H](CCSC)NC(=O)[C@H](CC(C)C)NC(=O)c1cccnc1SC. The Balaban J connectivity index is 2.94. The van der Waals surface area contributed by atoms with Crippen LogP contribution in [0.2, 0.25) is 0 Å². The van der Waals surface area contributed by atoms with E-state index in [1.165, 1.54) is 18.9 Å². The van der Waals surface area contributed by atoms with E-state index in [-0.39, 0.29) is 11.8 Å². The van der Waals surface area contributed by atoms with Crippen molar-refractivity contribution in [1.29, 1.82) is 0 Å². The molecule has 0 aliphatic heterocycles. The standard InChI is InChI=1S/C19H29N3O4S2/c1-12(2)11-15(17(24)21-14(8-10-27-4)19(25)26-3)22-16(23)13-7-6-9-20-18(13)28-5/h6-7,9,12,14-15H,8,10-11H2,1-5H3,(H,21,24)(H,22,23)/t14-,15-/m0/s1. The van der Waals surface area contributed by atoms with Crippen LogP contribution in [-0.4, -0.2) is 60.2 Å². The minimum absolute atomic E-state index is 0.174. The number of ether oxygens (including phenoxy) is 1. The fourth-order valence-electron chi connectivity index (χ4n) is 2.56. The van der Waals surface area contributed by atoms with E-state index in [0.29, 0.717) is 29.2 Å². The van der Waals surface area contributed by atoms with Gasteiger partial charge in [0.2, 0.25) is 5.91 Å². The third-order valence-electron chi connectivity index (χ3n) is 3.95. The molecule has 28 heavy (non-hydrogen) atoms. The van der Waals surface area contributed by atoms with Crippen molar-refractivity contribution in [3.05, 3.63) is 23.9 Å². The van der Waals surface area contributed by atoms with E-state index in [0.717, 1.165) is 0 Å². The van der Waals surface area contributed by atoms with Gasteiger partial charge in [0.15, 0.2) is 0 Å². The number of esters is 1. The normalized spacial score (nSPS) is 12.9. The van der Waals surface area contributed by atoms with Crippen molar-refractivity contribution in [3.8, 4) is 0 Å². The van der Waals surface area contributed by atoms with Crippen LogP contribution in [0.4, 0.5) is 0 Å². The van der Waals surface area contributed by atoms with Crippen molar-refractivity contribution in [1.82, 2.24) is 15.6 Å². The Morgan fingerprint density at radius 3 is 2.46 bits per heavy atom. The summed E-state index contributed by atoms with van der Waals surface area (Å²) < 4.78 is 4.79. The molecule has 9 heteroatoms. The van der Waals surface area contributed by atoms with Crippen LogP contribution >= 0.6 is 23.5 Å². The second kappa shape index (κ2) is 12.7. The first-order valence-electron chi connectivity index (χ1n) is 9.01. The maximum absolute atomic E-state index is 12.8. The van der Waals surface area contributed by atoms with Crippen LogP contribution in [0, 0.1) is 5.92 Å². The first-order valence-corrected chi connectivity index (χ1v) is 11.6. The summed E-state index contributed by atoms with van der Waals surface area (Å²) in [5, 5.41) is 6.12. The summed E-state index contributed by atoms with van der Waals surface area (Å²) in [6.45, 7) is 3.94. The van der Waals surface area contributed by atoms with E-state index in [9.17, 15) is 14.4 Å². The second-order valence-electron chi connectivity index (χ2n) is 6.58. The molecule has 1 rings (SSSR count). The van der Waals surface area contributed by atoms with Gasteiger partial charge in [-0.1, -0.05) is 13.8 Å². The summed E-state index contributed by atoms with van der Waals surface area (Å²) >= 11 is 2.94. The predicted molar refractivity (Wildman–Crippen MR) is 114 cm³/mol. The molecule has 0 bridgehead atoms. The van der Waals surface area contributed by atoms with Gasteiger partial charge in [-0.25, -0.2) is 9.78 Å². The lowest BCUT2D eigenvalue weighted by molar-refractivity contribution is -0.145.